The SMILES string of the molecule is C[C@@H](OC(=O)CNC(=O)c1ccc(F)cc1)c1nc2ccccc2c(=O)[nH]1. The van der Waals surface area contributed by atoms with Crippen molar-refractivity contribution in [3.05, 3.63) is 76.1 Å². The fraction of sp³-hybridized carbons (Fsp3) is 0.158. The summed E-state index contributed by atoms with van der Waals surface area (Å²) in [5.74, 6) is -1.49. The number of benzene rings is 2. The molecule has 8 heteroatoms. The van der Waals surface area contributed by atoms with E-state index in [0.29, 0.717) is 10.9 Å². The third-order valence-corrected chi connectivity index (χ3v) is 3.82. The molecule has 1 amide bonds. The van der Waals surface area contributed by atoms with E-state index < -0.39 is 23.8 Å². The molecule has 0 saturated carbocycles. The first-order valence-electron chi connectivity index (χ1n) is 8.16. The van der Waals surface area contributed by atoms with Crippen molar-refractivity contribution >= 4 is 22.8 Å². The Hall–Kier alpha value is -3.55. The molecule has 0 bridgehead atoms. The summed E-state index contributed by atoms with van der Waals surface area (Å²) in [6.07, 6.45) is -0.808. The van der Waals surface area contributed by atoms with Crippen LogP contribution in [0.3, 0.4) is 0 Å². The summed E-state index contributed by atoms with van der Waals surface area (Å²) in [7, 11) is 0. The molecule has 3 rings (SSSR count). The van der Waals surface area contributed by atoms with Gasteiger partial charge in [-0.2, -0.15) is 0 Å². The highest BCUT2D eigenvalue weighted by Crippen LogP contribution is 2.14. The molecule has 0 unspecified atom stereocenters. The van der Waals surface area contributed by atoms with Gasteiger partial charge in [0.1, 0.15) is 12.4 Å². The molecule has 1 atom stereocenters. The van der Waals surface area contributed by atoms with Gasteiger partial charge in [0.05, 0.1) is 10.9 Å². The fourth-order valence-corrected chi connectivity index (χ4v) is 2.45. The highest BCUT2D eigenvalue weighted by atomic mass is 19.1. The minimum Gasteiger partial charge on any atom is -0.453 e. The van der Waals surface area contributed by atoms with E-state index in [9.17, 15) is 18.8 Å². The smallest absolute Gasteiger partial charge is 0.326 e. The van der Waals surface area contributed by atoms with Crippen LogP contribution >= 0.6 is 0 Å². The Bertz CT molecular complexity index is 1050. The Balaban J connectivity index is 1.61. The average Bonchev–Trinajstić information content (AvgIpc) is 2.66. The van der Waals surface area contributed by atoms with Gasteiger partial charge < -0.3 is 15.0 Å². The molecule has 2 aromatic carbocycles. The highest BCUT2D eigenvalue weighted by molar-refractivity contribution is 5.95. The second kappa shape index (κ2) is 7.77. The number of nitrogens with one attached hydrogen (secondary N) is 2. The first kappa shape index (κ1) is 18.2. The molecule has 0 aliphatic carbocycles. The van der Waals surface area contributed by atoms with Crippen LogP contribution in [0.5, 0.6) is 0 Å². The van der Waals surface area contributed by atoms with Crippen molar-refractivity contribution in [2.24, 2.45) is 0 Å². The molecule has 0 radical (unpaired) electrons. The summed E-state index contributed by atoms with van der Waals surface area (Å²) in [4.78, 5) is 42.8. The predicted molar refractivity (Wildman–Crippen MR) is 95.6 cm³/mol. The van der Waals surface area contributed by atoms with Gasteiger partial charge >= 0.3 is 5.97 Å². The van der Waals surface area contributed by atoms with Crippen LogP contribution < -0.4 is 10.9 Å². The Morgan fingerprint density at radius 1 is 1.19 bits per heavy atom. The zero-order chi connectivity index (χ0) is 19.4. The van der Waals surface area contributed by atoms with Gasteiger partial charge in [0.15, 0.2) is 11.9 Å². The van der Waals surface area contributed by atoms with Crippen LogP contribution in [0.2, 0.25) is 0 Å². The van der Waals surface area contributed by atoms with E-state index in [1.165, 1.54) is 12.1 Å². The summed E-state index contributed by atoms with van der Waals surface area (Å²) in [5, 5.41) is 2.82. The van der Waals surface area contributed by atoms with E-state index in [2.05, 4.69) is 15.3 Å². The topological polar surface area (TPSA) is 101 Å². The Morgan fingerprint density at radius 2 is 1.89 bits per heavy atom. The number of hydrogen-bond donors (Lipinski definition) is 2. The van der Waals surface area contributed by atoms with E-state index >= 15 is 0 Å². The molecule has 1 heterocycles. The molecule has 3 aromatic rings. The van der Waals surface area contributed by atoms with Crippen LogP contribution in [0.25, 0.3) is 10.9 Å². The molecule has 27 heavy (non-hydrogen) atoms. The lowest BCUT2D eigenvalue weighted by Crippen LogP contribution is -2.31. The van der Waals surface area contributed by atoms with E-state index in [1.54, 1.807) is 31.2 Å². The Kier molecular flexibility index (Phi) is 5.25. The maximum Gasteiger partial charge on any atom is 0.326 e. The van der Waals surface area contributed by atoms with Gasteiger partial charge in [-0.15, -0.1) is 0 Å². The van der Waals surface area contributed by atoms with Crippen LogP contribution in [-0.4, -0.2) is 28.4 Å². The number of H-pyrrole nitrogens is 1. The molecule has 0 aliphatic rings. The maximum atomic E-state index is 12.9. The normalized spacial score (nSPS) is 11.8. The standard InChI is InChI=1S/C19H16FN3O4/c1-11(17-22-15-5-3-2-4-14(15)19(26)23-17)27-16(24)10-21-18(25)12-6-8-13(20)9-7-12/h2-9,11H,10H2,1H3,(H,21,25)(H,22,23,26)/t11-/m1/s1. The largest absolute Gasteiger partial charge is 0.453 e. The highest BCUT2D eigenvalue weighted by Gasteiger charge is 2.16. The van der Waals surface area contributed by atoms with Crippen molar-refractivity contribution in [2.75, 3.05) is 6.54 Å². The van der Waals surface area contributed by atoms with E-state index in [4.69, 9.17) is 4.74 Å². The monoisotopic (exact) mass is 369 g/mol. The number of hydrogen-bond acceptors (Lipinski definition) is 5. The summed E-state index contributed by atoms with van der Waals surface area (Å²) in [5.41, 5.74) is 0.379. The zero-order valence-corrected chi connectivity index (χ0v) is 14.4. The lowest BCUT2D eigenvalue weighted by Gasteiger charge is -2.13. The number of halogens is 1. The first-order chi connectivity index (χ1) is 12.9. The third-order valence-electron chi connectivity index (χ3n) is 3.82. The van der Waals surface area contributed by atoms with Crippen molar-refractivity contribution in [1.82, 2.24) is 15.3 Å². The van der Waals surface area contributed by atoms with Crippen LogP contribution in [0.15, 0.2) is 53.3 Å². The first-order valence-corrected chi connectivity index (χ1v) is 8.16. The van der Waals surface area contributed by atoms with Gasteiger partial charge in [-0.05, 0) is 43.3 Å². The number of aromatic amines is 1. The number of nitrogens with zero attached hydrogens (tertiary/aromatic N) is 1. The van der Waals surface area contributed by atoms with Gasteiger partial charge in [0, 0.05) is 5.56 Å². The number of para-hydroxylation sites is 1. The number of amides is 1. The molecule has 7 nitrogen and oxygen atoms in total. The molecular formula is C19H16FN3O4. The average molecular weight is 369 g/mol. The van der Waals surface area contributed by atoms with Crippen molar-refractivity contribution < 1.29 is 18.7 Å². The molecule has 2 N–H and O–H groups in total. The number of carbonyl (C=O) groups is 2. The Morgan fingerprint density at radius 3 is 2.63 bits per heavy atom. The molecule has 0 saturated heterocycles. The van der Waals surface area contributed by atoms with Gasteiger partial charge in [-0.25, -0.2) is 9.37 Å². The lowest BCUT2D eigenvalue weighted by atomic mass is 10.2. The van der Waals surface area contributed by atoms with E-state index in [1.807, 2.05) is 0 Å². The molecule has 138 valence electrons. The van der Waals surface area contributed by atoms with Gasteiger partial charge in [0.25, 0.3) is 11.5 Å². The number of aromatic nitrogens is 2. The lowest BCUT2D eigenvalue weighted by molar-refractivity contribution is -0.147. The quantitative estimate of drug-likeness (QED) is 0.671. The summed E-state index contributed by atoms with van der Waals surface area (Å²) in [6.45, 7) is 1.19. The minimum absolute atomic E-state index is 0.205. The fourth-order valence-electron chi connectivity index (χ4n) is 2.45. The van der Waals surface area contributed by atoms with Crippen molar-refractivity contribution in [2.45, 2.75) is 13.0 Å². The van der Waals surface area contributed by atoms with Crippen molar-refractivity contribution in [3.8, 4) is 0 Å². The molecular weight excluding hydrogens is 353 g/mol. The molecule has 0 fully saturated rings. The molecule has 0 aliphatic heterocycles. The zero-order valence-electron chi connectivity index (χ0n) is 14.4. The van der Waals surface area contributed by atoms with E-state index in [-0.39, 0.29) is 23.5 Å². The van der Waals surface area contributed by atoms with Gasteiger partial charge in [0.2, 0.25) is 0 Å². The summed E-state index contributed by atoms with van der Waals surface area (Å²) < 4.78 is 18.1. The number of esters is 1. The molecule has 1 aromatic heterocycles. The van der Waals surface area contributed by atoms with Crippen molar-refractivity contribution in [1.29, 1.82) is 0 Å². The van der Waals surface area contributed by atoms with Gasteiger partial charge in [-0.3, -0.25) is 14.4 Å². The minimum atomic E-state index is -0.808. The second-order valence-corrected chi connectivity index (χ2v) is 5.79. The van der Waals surface area contributed by atoms with Crippen LogP contribution in [0.4, 0.5) is 4.39 Å². The predicted octanol–water partition coefficient (Wildman–Crippen LogP) is 2.10. The third kappa shape index (κ3) is 4.35. The maximum absolute atomic E-state index is 12.9. The Labute approximate surface area is 153 Å². The second-order valence-electron chi connectivity index (χ2n) is 5.79. The summed E-state index contributed by atoms with van der Waals surface area (Å²) >= 11 is 0. The van der Waals surface area contributed by atoms with Crippen molar-refractivity contribution in [3.63, 3.8) is 0 Å². The number of fused-ring (bicyclic) bond motifs is 1. The van der Waals surface area contributed by atoms with Gasteiger partial charge in [-0.1, -0.05) is 12.1 Å². The number of carbonyl (C=O) groups excluding carboxylic acids is 2. The molecule has 0 spiro atoms. The summed E-state index contributed by atoms with van der Waals surface area (Å²) in [6, 6.07) is 11.7. The van der Waals surface area contributed by atoms with Crippen LogP contribution in [0, 0.1) is 5.82 Å². The van der Waals surface area contributed by atoms with Crippen LogP contribution in [-0.2, 0) is 9.53 Å². The number of ether oxygens (including phenoxy) is 1. The van der Waals surface area contributed by atoms with E-state index in [0.717, 1.165) is 12.1 Å². The number of rotatable bonds is 5. The van der Waals surface area contributed by atoms with Crippen LogP contribution in [0.1, 0.15) is 29.2 Å².